The Labute approximate surface area is 322 Å². The highest BCUT2D eigenvalue weighted by molar-refractivity contribution is 6.07. The number of hydrogen-bond acceptors (Lipinski definition) is 6. The molecule has 4 N–H and O–H groups in total. The summed E-state index contributed by atoms with van der Waals surface area (Å²) < 4.78 is 12.8. The number of fused-ring (bicyclic) bond motifs is 3. The van der Waals surface area contributed by atoms with E-state index in [9.17, 15) is 19.5 Å². The SMILES string of the molecule is C[C@@H]1CCCCO[C@H](CN(C)C(=O)Nc2cccc3ccccc23)[C@@H](C)CN([C@H](C)CO)C(=O)c2cc(NC(=O)Nc3cccc4ccccc34)ccc2O1. The number of likely N-dealkylation sites (N-methyl/N-ethyl adjacent to an activating group) is 1. The lowest BCUT2D eigenvalue weighted by molar-refractivity contribution is -0.0115. The molecule has 4 atom stereocenters. The Hall–Kier alpha value is -5.65. The third kappa shape index (κ3) is 9.72. The van der Waals surface area contributed by atoms with Crippen molar-refractivity contribution in [2.75, 3.05) is 49.3 Å². The minimum absolute atomic E-state index is 0.203. The van der Waals surface area contributed by atoms with Gasteiger partial charge in [-0.1, -0.05) is 79.7 Å². The van der Waals surface area contributed by atoms with Crippen molar-refractivity contribution < 1.29 is 29.0 Å². The molecule has 0 bridgehead atoms. The lowest BCUT2D eigenvalue weighted by atomic mass is 10.0. The fourth-order valence-corrected chi connectivity index (χ4v) is 6.98. The number of rotatable bonds is 7. The molecule has 0 fully saturated rings. The molecule has 55 heavy (non-hydrogen) atoms. The molecule has 11 nitrogen and oxygen atoms in total. The van der Waals surface area contributed by atoms with E-state index in [-0.39, 0.29) is 49.2 Å². The van der Waals surface area contributed by atoms with E-state index in [0.29, 0.717) is 23.7 Å². The maximum absolute atomic E-state index is 14.6. The summed E-state index contributed by atoms with van der Waals surface area (Å²) in [5.41, 5.74) is 2.06. The van der Waals surface area contributed by atoms with Gasteiger partial charge >= 0.3 is 12.1 Å². The molecule has 5 aromatic rings. The lowest BCUT2D eigenvalue weighted by Gasteiger charge is -2.35. The molecule has 1 heterocycles. The van der Waals surface area contributed by atoms with Crippen LogP contribution in [-0.4, -0.2) is 84.5 Å². The van der Waals surface area contributed by atoms with Crippen molar-refractivity contribution in [1.29, 1.82) is 0 Å². The third-order valence-corrected chi connectivity index (χ3v) is 10.2. The van der Waals surface area contributed by atoms with Crippen LogP contribution in [0.1, 0.15) is 50.4 Å². The van der Waals surface area contributed by atoms with Crippen LogP contribution >= 0.6 is 0 Å². The fraction of sp³-hybridized carbons (Fsp3) is 0.341. The quantitative estimate of drug-likeness (QED) is 0.132. The second-order valence-electron chi connectivity index (χ2n) is 14.5. The highest BCUT2D eigenvalue weighted by Crippen LogP contribution is 2.30. The molecule has 6 rings (SSSR count). The zero-order chi connectivity index (χ0) is 38.9. The van der Waals surface area contributed by atoms with E-state index in [2.05, 4.69) is 16.0 Å². The van der Waals surface area contributed by atoms with Gasteiger partial charge in [-0.15, -0.1) is 0 Å². The van der Waals surface area contributed by atoms with Gasteiger partial charge in [0.05, 0.1) is 41.8 Å². The first-order chi connectivity index (χ1) is 26.6. The van der Waals surface area contributed by atoms with Crippen LogP contribution in [-0.2, 0) is 4.74 Å². The predicted octanol–water partition coefficient (Wildman–Crippen LogP) is 8.60. The Kier molecular flexibility index (Phi) is 12.9. The van der Waals surface area contributed by atoms with Gasteiger partial charge in [0.15, 0.2) is 0 Å². The largest absolute Gasteiger partial charge is 0.490 e. The van der Waals surface area contributed by atoms with E-state index in [1.807, 2.05) is 98.8 Å². The van der Waals surface area contributed by atoms with Crippen LogP contribution in [0.2, 0.25) is 0 Å². The number of urea groups is 2. The molecule has 11 heteroatoms. The summed E-state index contributed by atoms with van der Waals surface area (Å²) in [5, 5.41) is 23.1. The lowest BCUT2D eigenvalue weighted by Crippen LogP contribution is -2.48. The Morgan fingerprint density at radius 2 is 1.49 bits per heavy atom. The Morgan fingerprint density at radius 3 is 2.16 bits per heavy atom. The first-order valence-corrected chi connectivity index (χ1v) is 19.0. The molecule has 0 radical (unpaired) electrons. The smallest absolute Gasteiger partial charge is 0.323 e. The Balaban J connectivity index is 1.22. The molecule has 0 unspecified atom stereocenters. The maximum atomic E-state index is 14.6. The van der Waals surface area contributed by atoms with Crippen LogP contribution in [0.15, 0.2) is 103 Å². The molecular weight excluding hydrogens is 695 g/mol. The van der Waals surface area contributed by atoms with Gasteiger partial charge in [-0.25, -0.2) is 9.59 Å². The molecule has 5 amide bonds. The van der Waals surface area contributed by atoms with Crippen LogP contribution < -0.4 is 20.7 Å². The monoisotopic (exact) mass is 745 g/mol. The van der Waals surface area contributed by atoms with Gasteiger partial charge in [-0.05, 0) is 74.2 Å². The Morgan fingerprint density at radius 1 is 0.855 bits per heavy atom. The van der Waals surface area contributed by atoms with Gasteiger partial charge in [-0.2, -0.15) is 0 Å². The van der Waals surface area contributed by atoms with Gasteiger partial charge < -0.3 is 40.3 Å². The number of anilines is 3. The van der Waals surface area contributed by atoms with E-state index < -0.39 is 18.2 Å². The summed E-state index contributed by atoms with van der Waals surface area (Å²) in [5.74, 6) is -0.189. The topological polar surface area (TPSA) is 132 Å². The third-order valence-electron chi connectivity index (χ3n) is 10.2. The molecule has 1 aliphatic heterocycles. The summed E-state index contributed by atoms with van der Waals surface area (Å²) in [6.45, 7) is 6.48. The molecule has 0 saturated heterocycles. The van der Waals surface area contributed by atoms with Crippen molar-refractivity contribution in [3.05, 3.63) is 109 Å². The van der Waals surface area contributed by atoms with Crippen molar-refractivity contribution in [1.82, 2.24) is 9.80 Å². The zero-order valence-electron chi connectivity index (χ0n) is 32.0. The zero-order valence-corrected chi connectivity index (χ0v) is 32.0. The van der Waals surface area contributed by atoms with Crippen molar-refractivity contribution in [3.8, 4) is 5.75 Å². The summed E-state index contributed by atoms with van der Waals surface area (Å²) in [4.78, 5) is 44.6. The summed E-state index contributed by atoms with van der Waals surface area (Å²) in [7, 11) is 1.74. The number of amides is 5. The van der Waals surface area contributed by atoms with Crippen molar-refractivity contribution in [2.45, 2.75) is 58.3 Å². The van der Waals surface area contributed by atoms with Crippen molar-refractivity contribution >= 4 is 56.6 Å². The molecule has 0 aromatic heterocycles. The molecule has 288 valence electrons. The second kappa shape index (κ2) is 18.1. The van der Waals surface area contributed by atoms with Gasteiger partial charge in [0.25, 0.3) is 5.91 Å². The predicted molar refractivity (Wildman–Crippen MR) is 219 cm³/mol. The van der Waals surface area contributed by atoms with Crippen LogP contribution in [0.25, 0.3) is 21.5 Å². The normalized spacial score (nSPS) is 18.7. The molecule has 0 saturated carbocycles. The van der Waals surface area contributed by atoms with Gasteiger partial charge in [-0.3, -0.25) is 4.79 Å². The highest BCUT2D eigenvalue weighted by Gasteiger charge is 2.31. The van der Waals surface area contributed by atoms with Crippen molar-refractivity contribution in [2.24, 2.45) is 5.92 Å². The average Bonchev–Trinajstić information content (AvgIpc) is 3.19. The number of carbonyl (C=O) groups excluding carboxylic acids is 3. The van der Waals surface area contributed by atoms with Gasteiger partial charge in [0, 0.05) is 49.1 Å². The van der Waals surface area contributed by atoms with E-state index in [1.54, 1.807) is 42.0 Å². The maximum Gasteiger partial charge on any atom is 0.323 e. The molecule has 0 aliphatic carbocycles. The number of benzene rings is 5. The summed E-state index contributed by atoms with van der Waals surface area (Å²) in [6, 6.07) is 31.0. The second-order valence-corrected chi connectivity index (χ2v) is 14.5. The van der Waals surface area contributed by atoms with E-state index >= 15 is 0 Å². The minimum Gasteiger partial charge on any atom is -0.490 e. The number of ether oxygens (including phenoxy) is 2. The number of carbonyl (C=O) groups is 3. The summed E-state index contributed by atoms with van der Waals surface area (Å²) >= 11 is 0. The number of hydrogen-bond donors (Lipinski definition) is 4. The fourth-order valence-electron chi connectivity index (χ4n) is 6.98. The average molecular weight is 746 g/mol. The van der Waals surface area contributed by atoms with Gasteiger partial charge in [0.2, 0.25) is 0 Å². The highest BCUT2D eigenvalue weighted by atomic mass is 16.5. The number of nitrogens with one attached hydrogen (secondary N) is 3. The van der Waals surface area contributed by atoms with Crippen molar-refractivity contribution in [3.63, 3.8) is 0 Å². The first-order valence-electron chi connectivity index (χ1n) is 19.0. The standard InChI is InChI=1S/C44H51N5O6/c1-29-26-49(30(2)28-50)42(51)37-25-34(45-43(52)46-38-20-11-16-32-14-5-7-18-35(32)38)22-23-40(37)55-31(3)13-9-10-24-54-41(29)27-48(4)44(53)47-39-21-12-17-33-15-6-8-19-36(33)39/h5-8,11-12,14-23,25,29-31,41,50H,9-10,13,24,26-28H2,1-4H3,(H,47,53)(H2,45,46,52)/t29-,30+,31+,41+/m0/s1. The summed E-state index contributed by atoms with van der Waals surface area (Å²) in [6.07, 6.45) is 1.75. The van der Waals surface area contributed by atoms with E-state index in [1.165, 1.54) is 0 Å². The van der Waals surface area contributed by atoms with Gasteiger partial charge in [0.1, 0.15) is 5.75 Å². The first kappa shape index (κ1) is 39.1. The van der Waals surface area contributed by atoms with Crippen LogP contribution in [0.5, 0.6) is 5.75 Å². The minimum atomic E-state index is -0.549. The molecule has 1 aliphatic rings. The van der Waals surface area contributed by atoms with Crippen LogP contribution in [0, 0.1) is 5.92 Å². The van der Waals surface area contributed by atoms with E-state index in [0.717, 1.165) is 46.5 Å². The number of aliphatic hydroxyl groups excluding tert-OH is 1. The van der Waals surface area contributed by atoms with Crippen LogP contribution in [0.4, 0.5) is 26.7 Å². The number of nitrogens with zero attached hydrogens (tertiary/aromatic N) is 2. The molecule has 0 spiro atoms. The Bertz CT molecular complexity index is 2110. The molecular formula is C44H51N5O6. The van der Waals surface area contributed by atoms with Crippen LogP contribution in [0.3, 0.4) is 0 Å². The number of aliphatic hydroxyl groups is 1. The van der Waals surface area contributed by atoms with E-state index in [4.69, 9.17) is 9.47 Å². The molecule has 5 aromatic carbocycles.